The fourth-order valence-electron chi connectivity index (χ4n) is 1.21. The van der Waals surface area contributed by atoms with Crippen LogP contribution in [0.1, 0.15) is 35.7 Å². The molecule has 0 saturated heterocycles. The maximum atomic E-state index is 10.8. The molecule has 0 aliphatic heterocycles. The number of benzene rings is 1. The second kappa shape index (κ2) is 4.60. The van der Waals surface area contributed by atoms with Gasteiger partial charge in [-0.1, -0.05) is 13.8 Å². The molecule has 0 radical (unpaired) electrons. The van der Waals surface area contributed by atoms with E-state index in [2.05, 4.69) is 29.8 Å². The average molecular weight is 257 g/mol. The number of rotatable bonds is 3. The Hall–Kier alpha value is -0.830. The molecule has 1 aromatic rings. The number of hydrogen-bond donors (Lipinski definition) is 0. The number of aldehydes is 1. The first-order chi connectivity index (χ1) is 6.60. The molecule has 0 heterocycles. The van der Waals surface area contributed by atoms with Gasteiger partial charge in [0.1, 0.15) is 5.75 Å². The quantitative estimate of drug-likeness (QED) is 0.776. The molecule has 0 amide bonds. The van der Waals surface area contributed by atoms with Gasteiger partial charge in [-0.25, -0.2) is 0 Å². The molecular weight excluding hydrogens is 244 g/mol. The van der Waals surface area contributed by atoms with Gasteiger partial charge in [-0.2, -0.15) is 0 Å². The minimum absolute atomic E-state index is 0.385. The molecular formula is C11H13BrO2. The maximum Gasteiger partial charge on any atom is 0.151 e. The normalized spacial score (nSPS) is 10.4. The van der Waals surface area contributed by atoms with E-state index in [1.165, 1.54) is 0 Å². The summed E-state index contributed by atoms with van der Waals surface area (Å²) in [7, 11) is 1.60. The lowest BCUT2D eigenvalue weighted by atomic mass is 10.0. The van der Waals surface area contributed by atoms with Gasteiger partial charge in [-0.05, 0) is 39.5 Å². The van der Waals surface area contributed by atoms with Gasteiger partial charge in [0.15, 0.2) is 6.29 Å². The zero-order chi connectivity index (χ0) is 10.7. The smallest absolute Gasteiger partial charge is 0.151 e. The molecule has 3 heteroatoms. The van der Waals surface area contributed by atoms with E-state index in [0.717, 1.165) is 16.3 Å². The average Bonchev–Trinajstić information content (AvgIpc) is 2.17. The fourth-order valence-corrected chi connectivity index (χ4v) is 1.69. The molecule has 76 valence electrons. The molecule has 1 aromatic carbocycles. The highest BCUT2D eigenvalue weighted by molar-refractivity contribution is 9.10. The second-order valence-corrected chi connectivity index (χ2v) is 4.19. The van der Waals surface area contributed by atoms with Crippen LogP contribution in [0.4, 0.5) is 0 Å². The van der Waals surface area contributed by atoms with Crippen LogP contribution in [0.25, 0.3) is 0 Å². The summed E-state index contributed by atoms with van der Waals surface area (Å²) in [6.07, 6.45) is 0.832. The predicted octanol–water partition coefficient (Wildman–Crippen LogP) is 3.39. The van der Waals surface area contributed by atoms with Crippen LogP contribution in [0, 0.1) is 0 Å². The Labute approximate surface area is 92.4 Å². The summed E-state index contributed by atoms with van der Waals surface area (Å²) in [5, 5.41) is 0. The highest BCUT2D eigenvalue weighted by Gasteiger charge is 2.10. The Kier molecular flexibility index (Phi) is 3.69. The van der Waals surface area contributed by atoms with Gasteiger partial charge in [-0.3, -0.25) is 4.79 Å². The van der Waals surface area contributed by atoms with Crippen LogP contribution < -0.4 is 4.74 Å². The van der Waals surface area contributed by atoms with E-state index in [-0.39, 0.29) is 0 Å². The topological polar surface area (TPSA) is 26.3 Å². The molecule has 2 nitrogen and oxygen atoms in total. The number of hydrogen-bond acceptors (Lipinski definition) is 2. The Morgan fingerprint density at radius 1 is 1.43 bits per heavy atom. The zero-order valence-corrected chi connectivity index (χ0v) is 10.1. The van der Waals surface area contributed by atoms with Crippen LogP contribution in [0.3, 0.4) is 0 Å². The molecule has 0 aliphatic rings. The molecule has 0 fully saturated rings. The van der Waals surface area contributed by atoms with Crippen LogP contribution >= 0.6 is 15.9 Å². The van der Waals surface area contributed by atoms with Crippen LogP contribution in [0.5, 0.6) is 5.75 Å². The predicted molar refractivity (Wildman–Crippen MR) is 60.2 cm³/mol. The Morgan fingerprint density at radius 2 is 2.07 bits per heavy atom. The summed E-state index contributed by atoms with van der Waals surface area (Å²) in [5.41, 5.74) is 1.74. The lowest BCUT2D eigenvalue weighted by molar-refractivity contribution is 0.112. The molecule has 0 atom stereocenters. The minimum atomic E-state index is 0.385. The first kappa shape index (κ1) is 11.2. The van der Waals surface area contributed by atoms with Gasteiger partial charge in [0, 0.05) is 5.56 Å². The summed E-state index contributed by atoms with van der Waals surface area (Å²) >= 11 is 3.33. The Bertz CT molecular complexity index is 345. The molecule has 0 bridgehead atoms. The molecule has 0 aliphatic carbocycles. The molecule has 1 rings (SSSR count). The van der Waals surface area contributed by atoms with Gasteiger partial charge in [0.05, 0.1) is 11.6 Å². The van der Waals surface area contributed by atoms with E-state index in [1.54, 1.807) is 7.11 Å². The van der Waals surface area contributed by atoms with Gasteiger partial charge in [0.2, 0.25) is 0 Å². The van der Waals surface area contributed by atoms with Crippen LogP contribution in [-0.2, 0) is 0 Å². The highest BCUT2D eigenvalue weighted by Crippen LogP contribution is 2.31. The Morgan fingerprint density at radius 3 is 2.50 bits per heavy atom. The van der Waals surface area contributed by atoms with E-state index >= 15 is 0 Å². The molecule has 0 N–H and O–H groups in total. The zero-order valence-electron chi connectivity index (χ0n) is 8.50. The standard InChI is InChI=1S/C11H13BrO2/c1-7(2)8-4-9(6-13)11(12)10(5-8)14-3/h4-7H,1-3H3. The van der Waals surface area contributed by atoms with Crippen molar-refractivity contribution in [1.29, 1.82) is 0 Å². The van der Waals surface area contributed by atoms with Crippen molar-refractivity contribution in [3.05, 3.63) is 27.7 Å². The number of ether oxygens (including phenoxy) is 1. The van der Waals surface area contributed by atoms with Gasteiger partial charge in [-0.15, -0.1) is 0 Å². The lowest BCUT2D eigenvalue weighted by Gasteiger charge is -2.11. The first-order valence-electron chi connectivity index (χ1n) is 4.42. The molecule has 14 heavy (non-hydrogen) atoms. The van der Waals surface area contributed by atoms with E-state index in [0.29, 0.717) is 17.2 Å². The molecule has 0 unspecified atom stereocenters. The number of halogens is 1. The van der Waals surface area contributed by atoms with Crippen molar-refractivity contribution in [1.82, 2.24) is 0 Å². The minimum Gasteiger partial charge on any atom is -0.496 e. The summed E-state index contributed by atoms with van der Waals surface area (Å²) in [5.74, 6) is 1.09. The monoisotopic (exact) mass is 256 g/mol. The third-order valence-electron chi connectivity index (χ3n) is 2.10. The highest BCUT2D eigenvalue weighted by atomic mass is 79.9. The van der Waals surface area contributed by atoms with E-state index in [9.17, 15) is 4.79 Å². The van der Waals surface area contributed by atoms with Crippen LogP contribution in [0.2, 0.25) is 0 Å². The fraction of sp³-hybridized carbons (Fsp3) is 0.364. The van der Waals surface area contributed by atoms with Crippen LogP contribution in [-0.4, -0.2) is 13.4 Å². The lowest BCUT2D eigenvalue weighted by Crippen LogP contribution is -1.95. The third kappa shape index (κ3) is 2.15. The van der Waals surface area contributed by atoms with E-state index in [4.69, 9.17) is 4.74 Å². The summed E-state index contributed by atoms with van der Waals surface area (Å²) in [6.45, 7) is 4.16. The van der Waals surface area contributed by atoms with Crippen molar-refractivity contribution in [3.8, 4) is 5.75 Å². The van der Waals surface area contributed by atoms with Gasteiger partial charge in [0.25, 0.3) is 0 Å². The van der Waals surface area contributed by atoms with Gasteiger partial charge < -0.3 is 4.74 Å². The summed E-state index contributed by atoms with van der Waals surface area (Å²) < 4.78 is 5.89. The van der Waals surface area contributed by atoms with Crippen molar-refractivity contribution in [2.24, 2.45) is 0 Å². The second-order valence-electron chi connectivity index (χ2n) is 3.40. The SMILES string of the molecule is COc1cc(C(C)C)cc(C=O)c1Br. The number of carbonyl (C=O) groups is 1. The van der Waals surface area contributed by atoms with Crippen molar-refractivity contribution < 1.29 is 9.53 Å². The summed E-state index contributed by atoms with van der Waals surface area (Å²) in [4.78, 5) is 10.8. The molecule has 0 aromatic heterocycles. The van der Waals surface area contributed by atoms with Crippen molar-refractivity contribution in [2.45, 2.75) is 19.8 Å². The number of carbonyl (C=O) groups excluding carboxylic acids is 1. The van der Waals surface area contributed by atoms with Crippen molar-refractivity contribution >= 4 is 22.2 Å². The van der Waals surface area contributed by atoms with E-state index < -0.39 is 0 Å². The van der Waals surface area contributed by atoms with Gasteiger partial charge >= 0.3 is 0 Å². The largest absolute Gasteiger partial charge is 0.496 e. The van der Waals surface area contributed by atoms with Crippen LogP contribution in [0.15, 0.2) is 16.6 Å². The number of methoxy groups -OCH3 is 1. The molecule has 0 spiro atoms. The van der Waals surface area contributed by atoms with Crippen molar-refractivity contribution in [3.63, 3.8) is 0 Å². The van der Waals surface area contributed by atoms with Crippen molar-refractivity contribution in [2.75, 3.05) is 7.11 Å². The summed E-state index contributed by atoms with van der Waals surface area (Å²) in [6, 6.07) is 3.83. The maximum absolute atomic E-state index is 10.8. The Balaban J connectivity index is 3.31. The molecule has 0 saturated carbocycles. The first-order valence-corrected chi connectivity index (χ1v) is 5.22. The van der Waals surface area contributed by atoms with E-state index in [1.807, 2.05) is 12.1 Å². The third-order valence-corrected chi connectivity index (χ3v) is 2.95.